The number of morpholine rings is 1. The van der Waals surface area contributed by atoms with E-state index in [2.05, 4.69) is 16.7 Å². The van der Waals surface area contributed by atoms with Crippen LogP contribution in [0.1, 0.15) is 24.8 Å². The first-order chi connectivity index (χ1) is 17.3. The van der Waals surface area contributed by atoms with E-state index < -0.39 is 16.9 Å². The number of rotatable bonds is 3. The van der Waals surface area contributed by atoms with E-state index in [-0.39, 0.29) is 30.7 Å². The number of fused-ring (bicyclic) bond motifs is 1. The van der Waals surface area contributed by atoms with Gasteiger partial charge in [0.05, 0.1) is 19.7 Å². The summed E-state index contributed by atoms with van der Waals surface area (Å²) in [6.07, 6.45) is 3.02. The van der Waals surface area contributed by atoms with Gasteiger partial charge in [-0.2, -0.15) is 0 Å². The molecular weight excluding hydrogens is 466 g/mol. The zero-order valence-corrected chi connectivity index (χ0v) is 20.7. The lowest BCUT2D eigenvalue weighted by Gasteiger charge is -2.41. The summed E-state index contributed by atoms with van der Waals surface area (Å²) in [6.45, 7) is 1.74. The van der Waals surface area contributed by atoms with Gasteiger partial charge in [-0.05, 0) is 37.3 Å². The minimum absolute atomic E-state index is 0.00171. The highest BCUT2D eigenvalue weighted by molar-refractivity contribution is 5.91. The first-order valence-corrected chi connectivity index (χ1v) is 12.2. The van der Waals surface area contributed by atoms with Gasteiger partial charge in [-0.15, -0.1) is 0 Å². The molecule has 3 heterocycles. The van der Waals surface area contributed by atoms with Gasteiger partial charge in [0.1, 0.15) is 18.2 Å². The highest BCUT2D eigenvalue weighted by Gasteiger charge is 2.43. The van der Waals surface area contributed by atoms with E-state index >= 15 is 0 Å². The molecule has 1 aromatic heterocycles. The Labute approximate surface area is 209 Å². The minimum atomic E-state index is -1.06. The Morgan fingerprint density at radius 2 is 1.92 bits per heavy atom. The molecule has 1 aromatic carbocycles. The first kappa shape index (κ1) is 25.6. The molecular formula is C25H33N5O6. The van der Waals surface area contributed by atoms with Gasteiger partial charge in [0, 0.05) is 33.3 Å². The summed E-state index contributed by atoms with van der Waals surface area (Å²) < 4.78 is 14.1. The summed E-state index contributed by atoms with van der Waals surface area (Å²) in [5, 5.41) is 5.58. The van der Waals surface area contributed by atoms with Crippen molar-refractivity contribution in [1.29, 1.82) is 0 Å². The smallest absolute Gasteiger partial charge is 0.332 e. The maximum Gasteiger partial charge on any atom is 0.332 e. The molecule has 2 N–H and O–H groups in total. The normalized spacial score (nSPS) is 21.4. The van der Waals surface area contributed by atoms with Gasteiger partial charge in [0.25, 0.3) is 11.5 Å². The molecule has 1 saturated heterocycles. The van der Waals surface area contributed by atoms with Crippen molar-refractivity contribution in [3.05, 3.63) is 56.7 Å². The van der Waals surface area contributed by atoms with Crippen molar-refractivity contribution < 1.29 is 19.1 Å². The summed E-state index contributed by atoms with van der Waals surface area (Å²) in [6, 6.07) is 9.15. The fourth-order valence-electron chi connectivity index (χ4n) is 4.70. The summed E-state index contributed by atoms with van der Waals surface area (Å²) in [7, 11) is 2.86. The number of hydrogen-bond acceptors (Lipinski definition) is 7. The molecule has 1 spiro atoms. The Kier molecular flexibility index (Phi) is 7.90. The van der Waals surface area contributed by atoms with Crippen molar-refractivity contribution in [2.45, 2.75) is 31.3 Å². The van der Waals surface area contributed by atoms with E-state index in [0.717, 1.165) is 35.1 Å². The van der Waals surface area contributed by atoms with Crippen LogP contribution in [0.15, 0.2) is 39.9 Å². The van der Waals surface area contributed by atoms with Crippen LogP contribution in [-0.2, 0) is 34.8 Å². The lowest BCUT2D eigenvalue weighted by atomic mass is 9.91. The lowest BCUT2D eigenvalue weighted by molar-refractivity contribution is -0.163. The third-order valence-electron chi connectivity index (χ3n) is 6.73. The number of para-hydroxylation sites is 1. The van der Waals surface area contributed by atoms with Crippen molar-refractivity contribution in [1.82, 2.24) is 19.4 Å². The van der Waals surface area contributed by atoms with Crippen LogP contribution in [0.4, 0.5) is 5.82 Å². The number of aryl methyl sites for hydroxylation is 1. The van der Waals surface area contributed by atoms with Crippen molar-refractivity contribution in [3.63, 3.8) is 0 Å². The Bertz CT molecular complexity index is 1240. The SMILES string of the molecule is Cn1c(NC(=O)CN2CCOC3(CCCCc4ccccc4OCCNC3=O)C2)cc(=O)n(C)c1=O. The van der Waals surface area contributed by atoms with E-state index in [9.17, 15) is 19.2 Å². The second-order valence-electron chi connectivity index (χ2n) is 9.29. The number of benzene rings is 1. The van der Waals surface area contributed by atoms with Crippen molar-refractivity contribution in [2.75, 3.05) is 44.7 Å². The third kappa shape index (κ3) is 5.68. The summed E-state index contributed by atoms with van der Waals surface area (Å²) in [5.41, 5.74) is -0.950. The number of nitrogens with one attached hydrogen (secondary N) is 2. The number of nitrogens with zero attached hydrogens (tertiary/aromatic N) is 3. The Morgan fingerprint density at radius 1 is 1.11 bits per heavy atom. The number of amides is 2. The molecule has 0 aliphatic carbocycles. The van der Waals surface area contributed by atoms with Gasteiger partial charge in [0.2, 0.25) is 5.91 Å². The molecule has 194 valence electrons. The van der Waals surface area contributed by atoms with Crippen LogP contribution in [0, 0.1) is 0 Å². The minimum Gasteiger partial charge on any atom is -0.491 e. The van der Waals surface area contributed by atoms with E-state index in [1.165, 1.54) is 24.7 Å². The predicted octanol–water partition coefficient (Wildman–Crippen LogP) is 0.0151. The van der Waals surface area contributed by atoms with Crippen LogP contribution in [0.2, 0.25) is 0 Å². The zero-order valence-electron chi connectivity index (χ0n) is 20.7. The van der Waals surface area contributed by atoms with E-state index in [1.54, 1.807) is 0 Å². The molecule has 4 rings (SSSR count). The molecule has 1 unspecified atom stereocenters. The number of aromatic nitrogens is 2. The zero-order chi connectivity index (χ0) is 25.7. The number of carbonyl (C=O) groups is 2. The summed E-state index contributed by atoms with van der Waals surface area (Å²) in [5.74, 6) is 0.384. The van der Waals surface area contributed by atoms with Crippen molar-refractivity contribution in [3.8, 4) is 5.75 Å². The molecule has 2 aromatic rings. The summed E-state index contributed by atoms with van der Waals surface area (Å²) in [4.78, 5) is 52.0. The fourth-order valence-corrected chi connectivity index (χ4v) is 4.70. The van der Waals surface area contributed by atoms with Gasteiger partial charge in [0.15, 0.2) is 5.60 Å². The lowest BCUT2D eigenvalue weighted by Crippen LogP contribution is -2.61. The maximum absolute atomic E-state index is 13.2. The molecule has 36 heavy (non-hydrogen) atoms. The Balaban J connectivity index is 1.43. The summed E-state index contributed by atoms with van der Waals surface area (Å²) >= 11 is 0. The van der Waals surface area contributed by atoms with Crippen LogP contribution in [0.5, 0.6) is 5.75 Å². The van der Waals surface area contributed by atoms with Crippen LogP contribution >= 0.6 is 0 Å². The maximum atomic E-state index is 13.2. The highest BCUT2D eigenvalue weighted by atomic mass is 16.5. The Hall–Kier alpha value is -3.44. The number of hydrogen-bond donors (Lipinski definition) is 2. The molecule has 0 saturated carbocycles. The topological polar surface area (TPSA) is 124 Å². The first-order valence-electron chi connectivity index (χ1n) is 12.2. The monoisotopic (exact) mass is 499 g/mol. The molecule has 1 fully saturated rings. The molecule has 0 bridgehead atoms. The second-order valence-corrected chi connectivity index (χ2v) is 9.29. The number of anilines is 1. The molecule has 2 amide bonds. The number of ether oxygens (including phenoxy) is 2. The van der Waals surface area contributed by atoms with Gasteiger partial charge in [-0.3, -0.25) is 28.4 Å². The van der Waals surface area contributed by atoms with Crippen LogP contribution in [0.3, 0.4) is 0 Å². The Morgan fingerprint density at radius 3 is 2.75 bits per heavy atom. The standard InChI is InChI=1S/C25H33N5O6/c1-28-20(15-22(32)29(2)24(28)34)27-21(31)16-30-12-14-36-25(17-30)10-6-5-8-18-7-3-4-9-19(18)35-13-11-26-23(25)33/h3-4,7,9,15H,5-6,8,10-14,16-17H2,1-2H3,(H,26,33)(H,27,31). The quantitative estimate of drug-likeness (QED) is 0.610. The van der Waals surface area contributed by atoms with E-state index in [4.69, 9.17) is 9.47 Å². The molecule has 11 heteroatoms. The second kappa shape index (κ2) is 11.1. The van der Waals surface area contributed by atoms with Crippen molar-refractivity contribution in [2.24, 2.45) is 14.1 Å². The van der Waals surface area contributed by atoms with Crippen LogP contribution in [-0.4, -0.2) is 70.8 Å². The molecule has 1 atom stereocenters. The van der Waals surface area contributed by atoms with E-state index in [0.29, 0.717) is 32.7 Å². The van der Waals surface area contributed by atoms with Crippen molar-refractivity contribution >= 4 is 17.6 Å². The van der Waals surface area contributed by atoms with E-state index in [1.807, 2.05) is 23.1 Å². The highest BCUT2D eigenvalue weighted by Crippen LogP contribution is 2.27. The van der Waals surface area contributed by atoms with Crippen LogP contribution in [0.25, 0.3) is 0 Å². The van der Waals surface area contributed by atoms with Gasteiger partial charge in [-0.1, -0.05) is 18.2 Å². The molecule has 2 aliphatic heterocycles. The van der Waals surface area contributed by atoms with Crippen LogP contribution < -0.4 is 26.6 Å². The van der Waals surface area contributed by atoms with Gasteiger partial charge in [-0.25, -0.2) is 4.79 Å². The fraction of sp³-hybridized carbons (Fsp3) is 0.520. The molecule has 11 nitrogen and oxygen atoms in total. The van der Waals surface area contributed by atoms with Gasteiger partial charge >= 0.3 is 5.69 Å². The molecule has 2 aliphatic rings. The average molecular weight is 500 g/mol. The molecule has 0 radical (unpaired) electrons. The van der Waals surface area contributed by atoms with Gasteiger partial charge < -0.3 is 20.1 Å². The predicted molar refractivity (Wildman–Crippen MR) is 133 cm³/mol. The third-order valence-corrected chi connectivity index (χ3v) is 6.73. The number of carbonyl (C=O) groups excluding carboxylic acids is 2. The largest absolute Gasteiger partial charge is 0.491 e. The average Bonchev–Trinajstić information content (AvgIpc) is 2.86.